The number of hydrogen-bond acceptors (Lipinski definition) is 3. The number of amides is 2. The number of carbonyl (C=O) groups excluding carboxylic acids is 1. The summed E-state index contributed by atoms with van der Waals surface area (Å²) in [6.07, 6.45) is 1.98. The zero-order valence-corrected chi connectivity index (χ0v) is 13.3. The molecule has 0 aliphatic carbocycles. The van der Waals surface area contributed by atoms with Gasteiger partial charge in [-0.25, -0.2) is 9.59 Å². The van der Waals surface area contributed by atoms with Crippen molar-refractivity contribution in [3.05, 3.63) is 28.2 Å². The van der Waals surface area contributed by atoms with Gasteiger partial charge in [-0.15, -0.1) is 0 Å². The number of carboxylic acids is 1. The Morgan fingerprint density at radius 1 is 1.43 bits per heavy atom. The molecule has 0 bridgehead atoms. The monoisotopic (exact) mass is 355 g/mol. The normalized spacial score (nSPS) is 19.0. The summed E-state index contributed by atoms with van der Waals surface area (Å²) < 4.78 is 0.653. The Hall–Kier alpha value is -1.60. The molecule has 0 radical (unpaired) electrons. The molecule has 0 aromatic heterocycles. The fourth-order valence-corrected chi connectivity index (χ4v) is 2.79. The Balaban J connectivity index is 2.01. The number of aromatic carboxylic acids is 1. The summed E-state index contributed by atoms with van der Waals surface area (Å²) in [7, 11) is 2.02. The minimum atomic E-state index is -1.08. The molecule has 1 unspecified atom stereocenters. The first kappa shape index (κ1) is 15.8. The summed E-state index contributed by atoms with van der Waals surface area (Å²) in [5.74, 6) is -1.08. The van der Waals surface area contributed by atoms with Gasteiger partial charge in [0.1, 0.15) is 0 Å². The van der Waals surface area contributed by atoms with Crippen molar-refractivity contribution in [1.82, 2.24) is 10.2 Å². The molecule has 7 heteroatoms. The quantitative estimate of drug-likeness (QED) is 0.777. The predicted octanol–water partition coefficient (Wildman–Crippen LogP) is 2.36. The van der Waals surface area contributed by atoms with Crippen LogP contribution in [0.4, 0.5) is 10.5 Å². The molecular formula is C14H18BrN3O3. The van der Waals surface area contributed by atoms with Crippen LogP contribution in [0.3, 0.4) is 0 Å². The lowest BCUT2D eigenvalue weighted by Gasteiger charge is -2.30. The second-order valence-corrected chi connectivity index (χ2v) is 6.11. The van der Waals surface area contributed by atoms with Crippen molar-refractivity contribution in [3.8, 4) is 0 Å². The standard InChI is InChI=1S/C14H18BrN3O3/c1-18-6-2-3-10(8-18)16-14(21)17-12-5-4-9(15)7-11(12)13(19)20/h4-5,7,10H,2-3,6,8H2,1H3,(H,19,20)(H2,16,17,21). The van der Waals surface area contributed by atoms with E-state index < -0.39 is 5.97 Å². The van der Waals surface area contributed by atoms with Crippen molar-refractivity contribution in [3.63, 3.8) is 0 Å². The highest BCUT2D eigenvalue weighted by Crippen LogP contribution is 2.21. The Kier molecular flexibility index (Phi) is 5.19. The van der Waals surface area contributed by atoms with E-state index in [-0.39, 0.29) is 23.3 Å². The van der Waals surface area contributed by atoms with E-state index in [1.807, 2.05) is 7.05 Å². The van der Waals surface area contributed by atoms with Gasteiger partial charge in [-0.2, -0.15) is 0 Å². The molecule has 3 N–H and O–H groups in total. The van der Waals surface area contributed by atoms with Crippen LogP contribution in [-0.4, -0.2) is 48.2 Å². The second-order valence-electron chi connectivity index (χ2n) is 5.19. The number of rotatable bonds is 3. The van der Waals surface area contributed by atoms with Crippen LogP contribution in [0.1, 0.15) is 23.2 Å². The number of likely N-dealkylation sites (N-methyl/N-ethyl adjacent to an activating group) is 1. The first-order chi connectivity index (χ1) is 9.95. The van der Waals surface area contributed by atoms with E-state index in [0.29, 0.717) is 4.47 Å². The average Bonchev–Trinajstić information content (AvgIpc) is 2.40. The van der Waals surface area contributed by atoms with Crippen LogP contribution in [0, 0.1) is 0 Å². The van der Waals surface area contributed by atoms with E-state index in [1.54, 1.807) is 12.1 Å². The summed E-state index contributed by atoms with van der Waals surface area (Å²) in [5, 5.41) is 14.7. The summed E-state index contributed by atoms with van der Waals surface area (Å²) in [6, 6.07) is 4.44. The number of piperidine rings is 1. The van der Waals surface area contributed by atoms with Gasteiger partial charge in [0, 0.05) is 17.1 Å². The maximum Gasteiger partial charge on any atom is 0.337 e. The van der Waals surface area contributed by atoms with E-state index >= 15 is 0 Å². The zero-order valence-electron chi connectivity index (χ0n) is 11.7. The Morgan fingerprint density at radius 3 is 2.86 bits per heavy atom. The molecule has 6 nitrogen and oxygen atoms in total. The fraction of sp³-hybridized carbons (Fsp3) is 0.429. The van der Waals surface area contributed by atoms with Crippen LogP contribution in [0.2, 0.25) is 0 Å². The number of benzene rings is 1. The molecule has 1 aromatic rings. The van der Waals surface area contributed by atoms with Crippen LogP contribution in [0.15, 0.2) is 22.7 Å². The van der Waals surface area contributed by atoms with Crippen LogP contribution in [0.25, 0.3) is 0 Å². The molecule has 1 fully saturated rings. The topological polar surface area (TPSA) is 81.7 Å². The van der Waals surface area contributed by atoms with Crippen LogP contribution >= 0.6 is 15.9 Å². The maximum absolute atomic E-state index is 12.0. The van der Waals surface area contributed by atoms with Gasteiger partial charge < -0.3 is 20.6 Å². The lowest BCUT2D eigenvalue weighted by Crippen LogP contribution is -2.47. The molecule has 2 amide bonds. The minimum absolute atomic E-state index is 0.0558. The lowest BCUT2D eigenvalue weighted by molar-refractivity contribution is 0.0698. The van der Waals surface area contributed by atoms with E-state index in [1.165, 1.54) is 6.07 Å². The molecule has 1 saturated heterocycles. The van der Waals surface area contributed by atoms with Gasteiger partial charge in [0.05, 0.1) is 11.3 Å². The summed E-state index contributed by atoms with van der Waals surface area (Å²) in [4.78, 5) is 25.4. The lowest BCUT2D eigenvalue weighted by atomic mass is 10.1. The number of hydrogen-bond donors (Lipinski definition) is 3. The van der Waals surface area contributed by atoms with E-state index in [2.05, 4.69) is 31.5 Å². The Labute approximate surface area is 131 Å². The molecule has 0 spiro atoms. The number of nitrogens with zero attached hydrogens (tertiary/aromatic N) is 1. The summed E-state index contributed by atoms with van der Waals surface area (Å²) in [6.45, 7) is 1.84. The van der Waals surface area contributed by atoms with Crippen molar-refractivity contribution in [2.45, 2.75) is 18.9 Å². The Bertz CT molecular complexity index is 550. The highest BCUT2D eigenvalue weighted by atomic mass is 79.9. The molecule has 1 aliphatic heterocycles. The highest BCUT2D eigenvalue weighted by molar-refractivity contribution is 9.10. The van der Waals surface area contributed by atoms with Gasteiger partial charge in [0.25, 0.3) is 0 Å². The summed E-state index contributed by atoms with van der Waals surface area (Å²) in [5.41, 5.74) is 0.340. The number of anilines is 1. The third kappa shape index (κ3) is 4.44. The van der Waals surface area contributed by atoms with Gasteiger partial charge >= 0.3 is 12.0 Å². The Morgan fingerprint density at radius 2 is 2.19 bits per heavy atom. The summed E-state index contributed by atoms with van der Waals surface area (Å²) >= 11 is 3.22. The SMILES string of the molecule is CN1CCCC(NC(=O)Nc2ccc(Br)cc2C(=O)O)C1. The van der Waals surface area contributed by atoms with Gasteiger partial charge in [-0.05, 0) is 44.6 Å². The molecule has 21 heavy (non-hydrogen) atoms. The molecule has 114 valence electrons. The molecule has 0 saturated carbocycles. The third-order valence-electron chi connectivity index (χ3n) is 3.42. The van der Waals surface area contributed by atoms with E-state index in [9.17, 15) is 9.59 Å². The van der Waals surface area contributed by atoms with Gasteiger partial charge in [-0.3, -0.25) is 0 Å². The van der Waals surface area contributed by atoms with Crippen LogP contribution < -0.4 is 10.6 Å². The highest BCUT2D eigenvalue weighted by Gasteiger charge is 2.20. The smallest absolute Gasteiger partial charge is 0.337 e. The molecule has 1 heterocycles. The number of likely N-dealkylation sites (tertiary alicyclic amines) is 1. The van der Waals surface area contributed by atoms with Gasteiger partial charge in [0.2, 0.25) is 0 Å². The molecule has 2 rings (SSSR count). The van der Waals surface area contributed by atoms with Crippen molar-refractivity contribution in [2.75, 3.05) is 25.5 Å². The van der Waals surface area contributed by atoms with Crippen molar-refractivity contribution in [1.29, 1.82) is 0 Å². The first-order valence-corrected chi connectivity index (χ1v) is 7.54. The molecule has 1 aliphatic rings. The van der Waals surface area contributed by atoms with Crippen LogP contribution in [0.5, 0.6) is 0 Å². The maximum atomic E-state index is 12.0. The van der Waals surface area contributed by atoms with Crippen molar-refractivity contribution < 1.29 is 14.7 Å². The first-order valence-electron chi connectivity index (χ1n) is 6.74. The number of halogens is 1. The number of carbonyl (C=O) groups is 2. The minimum Gasteiger partial charge on any atom is -0.478 e. The average molecular weight is 356 g/mol. The number of carboxylic acid groups (broad SMARTS) is 1. The number of urea groups is 1. The molecular weight excluding hydrogens is 338 g/mol. The van der Waals surface area contributed by atoms with Crippen molar-refractivity contribution in [2.24, 2.45) is 0 Å². The predicted molar refractivity (Wildman–Crippen MR) is 83.8 cm³/mol. The largest absolute Gasteiger partial charge is 0.478 e. The van der Waals surface area contributed by atoms with Crippen LogP contribution in [-0.2, 0) is 0 Å². The molecule has 1 atom stereocenters. The second kappa shape index (κ2) is 6.91. The van der Waals surface area contributed by atoms with Gasteiger partial charge in [-0.1, -0.05) is 15.9 Å². The fourth-order valence-electron chi connectivity index (χ4n) is 2.43. The number of nitrogens with one attached hydrogen (secondary N) is 2. The van der Waals surface area contributed by atoms with Gasteiger partial charge in [0.15, 0.2) is 0 Å². The molecule has 1 aromatic carbocycles. The zero-order chi connectivity index (χ0) is 15.4. The third-order valence-corrected chi connectivity index (χ3v) is 3.91. The van der Waals surface area contributed by atoms with E-state index in [0.717, 1.165) is 25.9 Å². The van der Waals surface area contributed by atoms with E-state index in [4.69, 9.17) is 5.11 Å². The van der Waals surface area contributed by atoms with Crippen molar-refractivity contribution >= 4 is 33.6 Å².